The Morgan fingerprint density at radius 3 is 2.32 bits per heavy atom. The Bertz CT molecular complexity index is 1000. The fraction of sp³-hybridized carbons (Fsp3) is 0.500. The van der Waals surface area contributed by atoms with Crippen LogP contribution in [-0.2, 0) is 4.79 Å². The number of benzene rings is 2. The van der Waals surface area contributed by atoms with Crippen LogP contribution in [0.15, 0.2) is 36.4 Å². The molecule has 1 unspecified atom stereocenters. The van der Waals surface area contributed by atoms with E-state index >= 15 is 0 Å². The zero-order valence-electron chi connectivity index (χ0n) is 19.9. The summed E-state index contributed by atoms with van der Waals surface area (Å²) in [6.07, 6.45) is 1.77. The summed E-state index contributed by atoms with van der Waals surface area (Å²) >= 11 is 19.0. The van der Waals surface area contributed by atoms with Crippen molar-refractivity contribution in [2.24, 2.45) is 5.92 Å². The van der Waals surface area contributed by atoms with E-state index in [2.05, 4.69) is 46.0 Å². The molecule has 1 amide bonds. The fourth-order valence-electron chi connectivity index (χ4n) is 4.91. The van der Waals surface area contributed by atoms with Gasteiger partial charge in [0, 0.05) is 60.9 Å². The summed E-state index contributed by atoms with van der Waals surface area (Å²) in [5.74, 6) is 0.462. The Morgan fingerprint density at radius 2 is 1.68 bits per heavy atom. The summed E-state index contributed by atoms with van der Waals surface area (Å²) in [5, 5.41) is 5.40. The van der Waals surface area contributed by atoms with E-state index in [4.69, 9.17) is 34.8 Å². The van der Waals surface area contributed by atoms with Crippen LogP contribution in [0.2, 0.25) is 15.1 Å². The van der Waals surface area contributed by atoms with Gasteiger partial charge in [0.1, 0.15) is 0 Å². The summed E-state index contributed by atoms with van der Waals surface area (Å²) in [4.78, 5) is 19.9. The molecule has 2 aliphatic heterocycles. The molecule has 4 rings (SSSR count). The SMILES string of the molecule is CCN1CCN(C(=O)C2CCN(c3ccc(Cl)c(NC(C)c4ccc(Cl)cc4Cl)c3)CC2)CC1. The van der Waals surface area contributed by atoms with Crippen LogP contribution in [0.3, 0.4) is 0 Å². The van der Waals surface area contributed by atoms with E-state index in [1.807, 2.05) is 18.2 Å². The van der Waals surface area contributed by atoms with Crippen molar-refractivity contribution in [2.75, 3.05) is 56.0 Å². The first kappa shape index (κ1) is 25.4. The number of likely N-dealkylation sites (N-methyl/N-ethyl adjacent to an activating group) is 1. The van der Waals surface area contributed by atoms with Crippen molar-refractivity contribution >= 4 is 52.1 Å². The molecular formula is C26H33Cl3N4O. The minimum atomic E-state index is -0.0333. The molecule has 2 fully saturated rings. The molecule has 0 spiro atoms. The number of piperidine rings is 1. The third kappa shape index (κ3) is 5.93. The molecule has 2 aliphatic rings. The molecule has 0 aromatic heterocycles. The van der Waals surface area contributed by atoms with Crippen LogP contribution in [0.1, 0.15) is 38.3 Å². The highest BCUT2D eigenvalue weighted by atomic mass is 35.5. The molecule has 8 heteroatoms. The van der Waals surface area contributed by atoms with Gasteiger partial charge in [-0.25, -0.2) is 0 Å². The molecule has 1 N–H and O–H groups in total. The van der Waals surface area contributed by atoms with E-state index in [-0.39, 0.29) is 12.0 Å². The number of rotatable bonds is 6. The summed E-state index contributed by atoms with van der Waals surface area (Å²) < 4.78 is 0. The number of carbonyl (C=O) groups is 1. The van der Waals surface area contributed by atoms with Gasteiger partial charge in [-0.05, 0) is 62.2 Å². The van der Waals surface area contributed by atoms with E-state index < -0.39 is 0 Å². The summed E-state index contributed by atoms with van der Waals surface area (Å²) in [5.41, 5.74) is 2.94. The number of carbonyl (C=O) groups excluding carboxylic acids is 1. The Labute approximate surface area is 217 Å². The standard InChI is InChI=1S/C26H33Cl3N4O/c1-3-31-12-14-33(15-13-31)26(34)19-8-10-32(11-9-19)21-5-7-23(28)25(17-21)30-18(2)22-6-4-20(27)16-24(22)29/h4-7,16-19,30H,3,8-15H2,1-2H3. The third-order valence-corrected chi connectivity index (χ3v) is 7.98. The van der Waals surface area contributed by atoms with Crippen LogP contribution >= 0.6 is 34.8 Å². The van der Waals surface area contributed by atoms with Crippen LogP contribution in [0.25, 0.3) is 0 Å². The first-order valence-electron chi connectivity index (χ1n) is 12.1. The quantitative estimate of drug-likeness (QED) is 0.489. The van der Waals surface area contributed by atoms with Crippen molar-refractivity contribution in [2.45, 2.75) is 32.7 Å². The minimum Gasteiger partial charge on any atom is -0.377 e. The normalized spacial score (nSPS) is 18.7. The van der Waals surface area contributed by atoms with Gasteiger partial charge in [0.2, 0.25) is 5.91 Å². The highest BCUT2D eigenvalue weighted by molar-refractivity contribution is 6.35. The number of halogens is 3. The number of amides is 1. The second-order valence-electron chi connectivity index (χ2n) is 9.22. The first-order chi connectivity index (χ1) is 16.4. The topological polar surface area (TPSA) is 38.8 Å². The summed E-state index contributed by atoms with van der Waals surface area (Å²) in [6, 6.07) is 11.6. The fourth-order valence-corrected chi connectivity index (χ4v) is 5.66. The van der Waals surface area contributed by atoms with Gasteiger partial charge in [0.15, 0.2) is 0 Å². The van der Waals surface area contributed by atoms with Crippen LogP contribution in [-0.4, -0.2) is 61.5 Å². The van der Waals surface area contributed by atoms with Gasteiger partial charge in [-0.2, -0.15) is 0 Å². The van der Waals surface area contributed by atoms with Crippen LogP contribution < -0.4 is 10.2 Å². The molecule has 5 nitrogen and oxygen atoms in total. The van der Waals surface area contributed by atoms with Crippen LogP contribution in [0.4, 0.5) is 11.4 Å². The van der Waals surface area contributed by atoms with E-state index in [9.17, 15) is 4.79 Å². The first-order valence-corrected chi connectivity index (χ1v) is 13.3. The molecular weight excluding hydrogens is 491 g/mol. The molecule has 34 heavy (non-hydrogen) atoms. The highest BCUT2D eigenvalue weighted by Gasteiger charge is 2.30. The Hall–Kier alpha value is -1.66. The number of nitrogens with one attached hydrogen (secondary N) is 1. The Balaban J connectivity index is 1.36. The zero-order chi connectivity index (χ0) is 24.2. The van der Waals surface area contributed by atoms with Crippen molar-refractivity contribution in [1.29, 1.82) is 0 Å². The zero-order valence-corrected chi connectivity index (χ0v) is 22.1. The van der Waals surface area contributed by atoms with Crippen molar-refractivity contribution in [3.8, 4) is 0 Å². The average molecular weight is 524 g/mol. The predicted molar refractivity (Wildman–Crippen MR) is 144 cm³/mol. The molecule has 0 saturated carbocycles. The third-order valence-electron chi connectivity index (χ3n) is 7.09. The molecule has 0 aliphatic carbocycles. The van der Waals surface area contributed by atoms with Gasteiger partial charge in [-0.1, -0.05) is 47.8 Å². The van der Waals surface area contributed by atoms with E-state index in [1.54, 1.807) is 6.07 Å². The van der Waals surface area contributed by atoms with Crippen molar-refractivity contribution in [3.05, 3.63) is 57.0 Å². The van der Waals surface area contributed by atoms with Crippen molar-refractivity contribution < 1.29 is 4.79 Å². The minimum absolute atomic E-state index is 0.0333. The summed E-state index contributed by atoms with van der Waals surface area (Å²) in [6.45, 7) is 10.7. The van der Waals surface area contributed by atoms with Crippen molar-refractivity contribution in [1.82, 2.24) is 9.80 Å². The van der Waals surface area contributed by atoms with Gasteiger partial charge in [-0.15, -0.1) is 0 Å². The lowest BCUT2D eigenvalue weighted by atomic mass is 9.94. The average Bonchev–Trinajstić information content (AvgIpc) is 2.85. The second kappa shape index (κ2) is 11.4. The molecule has 2 heterocycles. The Kier molecular flexibility index (Phi) is 8.52. The lowest BCUT2D eigenvalue weighted by molar-refractivity contribution is -0.137. The molecule has 2 aromatic rings. The molecule has 0 radical (unpaired) electrons. The smallest absolute Gasteiger partial charge is 0.225 e. The molecule has 2 aromatic carbocycles. The van der Waals surface area contributed by atoms with Gasteiger partial charge in [0.05, 0.1) is 16.8 Å². The number of piperazine rings is 1. The van der Waals surface area contributed by atoms with E-state index in [0.29, 0.717) is 21.0 Å². The van der Waals surface area contributed by atoms with Crippen molar-refractivity contribution in [3.63, 3.8) is 0 Å². The highest BCUT2D eigenvalue weighted by Crippen LogP contribution is 2.34. The number of nitrogens with zero attached hydrogens (tertiary/aromatic N) is 3. The summed E-state index contributed by atoms with van der Waals surface area (Å²) in [7, 11) is 0. The molecule has 1 atom stereocenters. The maximum absolute atomic E-state index is 13.0. The van der Waals surface area contributed by atoms with Crippen LogP contribution in [0, 0.1) is 5.92 Å². The van der Waals surface area contributed by atoms with Gasteiger partial charge in [0.25, 0.3) is 0 Å². The number of hydrogen-bond acceptors (Lipinski definition) is 4. The maximum Gasteiger partial charge on any atom is 0.225 e. The second-order valence-corrected chi connectivity index (χ2v) is 10.5. The lowest BCUT2D eigenvalue weighted by Gasteiger charge is -2.39. The van der Waals surface area contributed by atoms with E-state index in [1.165, 1.54) is 0 Å². The molecule has 184 valence electrons. The Morgan fingerprint density at radius 1 is 0.971 bits per heavy atom. The molecule has 2 saturated heterocycles. The monoisotopic (exact) mass is 522 g/mol. The molecule has 0 bridgehead atoms. The number of anilines is 2. The van der Waals surface area contributed by atoms with Gasteiger partial charge < -0.3 is 20.0 Å². The van der Waals surface area contributed by atoms with Crippen LogP contribution in [0.5, 0.6) is 0 Å². The maximum atomic E-state index is 13.0. The predicted octanol–water partition coefficient (Wildman–Crippen LogP) is 6.20. The lowest BCUT2D eigenvalue weighted by Crippen LogP contribution is -2.51. The largest absolute Gasteiger partial charge is 0.377 e. The van der Waals surface area contributed by atoms with E-state index in [0.717, 1.165) is 75.6 Å². The number of hydrogen-bond donors (Lipinski definition) is 1. The van der Waals surface area contributed by atoms with Gasteiger partial charge in [-0.3, -0.25) is 4.79 Å². The van der Waals surface area contributed by atoms with Gasteiger partial charge >= 0.3 is 0 Å².